The van der Waals surface area contributed by atoms with Crippen molar-refractivity contribution in [1.29, 1.82) is 0 Å². The van der Waals surface area contributed by atoms with Crippen molar-refractivity contribution < 1.29 is 9.90 Å². The molecule has 1 aromatic heterocycles. The summed E-state index contributed by atoms with van der Waals surface area (Å²) in [6, 6.07) is 4.99. The first-order valence-electron chi connectivity index (χ1n) is 6.60. The highest BCUT2D eigenvalue weighted by Gasteiger charge is 2.18. The largest absolute Gasteiger partial charge is 0.395 e. The van der Waals surface area contributed by atoms with Crippen molar-refractivity contribution in [3.63, 3.8) is 0 Å². The van der Waals surface area contributed by atoms with E-state index >= 15 is 0 Å². The van der Waals surface area contributed by atoms with E-state index in [2.05, 4.69) is 15.5 Å². The summed E-state index contributed by atoms with van der Waals surface area (Å²) < 4.78 is 1.46. The highest BCUT2D eigenvalue weighted by molar-refractivity contribution is 6.34. The van der Waals surface area contributed by atoms with Crippen molar-refractivity contribution in [2.24, 2.45) is 0 Å². The van der Waals surface area contributed by atoms with Crippen LogP contribution in [0.3, 0.4) is 0 Å². The highest BCUT2D eigenvalue weighted by Crippen LogP contribution is 2.21. The van der Waals surface area contributed by atoms with Crippen molar-refractivity contribution in [2.75, 3.05) is 19.7 Å². The van der Waals surface area contributed by atoms with Crippen LogP contribution >= 0.6 is 11.6 Å². The fraction of sp³-hybridized carbons (Fsp3) is 0.385. The molecule has 1 heterocycles. The Labute approximate surface area is 127 Å². The molecule has 112 valence electrons. The molecular formula is C13H16ClN5O2. The molecule has 0 spiro atoms. The second-order valence-electron chi connectivity index (χ2n) is 4.43. The van der Waals surface area contributed by atoms with Crippen LogP contribution in [0.15, 0.2) is 24.5 Å². The number of rotatable bonds is 6. The molecule has 7 nitrogen and oxygen atoms in total. The van der Waals surface area contributed by atoms with Gasteiger partial charge in [0.2, 0.25) is 0 Å². The summed E-state index contributed by atoms with van der Waals surface area (Å²) in [6.45, 7) is 2.76. The fourth-order valence-corrected chi connectivity index (χ4v) is 2.23. The number of tetrazole rings is 1. The number of amides is 1. The normalized spacial score (nSPS) is 10.6. The van der Waals surface area contributed by atoms with Crippen LogP contribution in [-0.2, 0) is 0 Å². The Bertz CT molecular complexity index is 597. The van der Waals surface area contributed by atoms with Gasteiger partial charge in [-0.25, -0.2) is 4.68 Å². The summed E-state index contributed by atoms with van der Waals surface area (Å²) in [4.78, 5) is 14.0. The number of carbonyl (C=O) groups is 1. The number of halogens is 1. The average Bonchev–Trinajstić information content (AvgIpc) is 3.00. The molecule has 1 N–H and O–H groups in total. The van der Waals surface area contributed by atoms with Gasteiger partial charge in [-0.15, -0.1) is 5.10 Å². The predicted octanol–water partition coefficient (Wildman–Crippen LogP) is 1.16. The van der Waals surface area contributed by atoms with Crippen molar-refractivity contribution in [3.8, 4) is 5.69 Å². The number of aliphatic hydroxyl groups excluding tert-OH is 1. The number of nitrogens with zero attached hydrogens (tertiary/aromatic N) is 5. The molecule has 0 radical (unpaired) electrons. The zero-order valence-electron chi connectivity index (χ0n) is 11.6. The lowest BCUT2D eigenvalue weighted by Gasteiger charge is -2.21. The summed E-state index contributed by atoms with van der Waals surface area (Å²) in [5, 5.41) is 20.2. The van der Waals surface area contributed by atoms with Crippen molar-refractivity contribution in [2.45, 2.75) is 13.3 Å². The maximum Gasteiger partial charge on any atom is 0.255 e. The van der Waals surface area contributed by atoms with Crippen LogP contribution in [0, 0.1) is 0 Å². The van der Waals surface area contributed by atoms with Crippen LogP contribution in [0.25, 0.3) is 5.69 Å². The van der Waals surface area contributed by atoms with Crippen molar-refractivity contribution in [1.82, 2.24) is 25.1 Å². The van der Waals surface area contributed by atoms with E-state index in [0.29, 0.717) is 22.8 Å². The van der Waals surface area contributed by atoms with Gasteiger partial charge in [0.25, 0.3) is 5.91 Å². The maximum absolute atomic E-state index is 12.4. The monoisotopic (exact) mass is 309 g/mol. The molecule has 2 aromatic rings. The average molecular weight is 310 g/mol. The maximum atomic E-state index is 12.4. The zero-order chi connectivity index (χ0) is 15.2. The minimum absolute atomic E-state index is 0.0773. The molecule has 0 unspecified atom stereocenters. The third-order valence-electron chi connectivity index (χ3n) is 2.95. The molecule has 8 heteroatoms. The first kappa shape index (κ1) is 15.4. The van der Waals surface area contributed by atoms with Crippen molar-refractivity contribution >= 4 is 17.5 Å². The molecule has 0 aliphatic rings. The molecule has 0 fully saturated rings. The first-order valence-corrected chi connectivity index (χ1v) is 6.98. The van der Waals surface area contributed by atoms with Crippen molar-refractivity contribution in [3.05, 3.63) is 35.1 Å². The summed E-state index contributed by atoms with van der Waals surface area (Å²) in [5.41, 5.74) is 1.07. The van der Waals surface area contributed by atoms with Crippen LogP contribution in [0.2, 0.25) is 5.02 Å². The van der Waals surface area contributed by atoms with E-state index in [1.807, 2.05) is 6.92 Å². The standard InChI is InChI=1S/C13H16ClN5O2/c1-2-5-18(6-7-20)13(21)11-4-3-10(8-12(11)14)19-9-15-16-17-19/h3-4,8-9,20H,2,5-7H2,1H3. The quantitative estimate of drug-likeness (QED) is 0.865. The van der Waals surface area contributed by atoms with Gasteiger partial charge in [-0.1, -0.05) is 18.5 Å². The molecule has 0 saturated heterocycles. The predicted molar refractivity (Wildman–Crippen MR) is 77.4 cm³/mol. The summed E-state index contributed by atoms with van der Waals surface area (Å²) >= 11 is 6.19. The Balaban J connectivity index is 2.25. The van der Waals surface area contributed by atoms with E-state index in [9.17, 15) is 4.79 Å². The number of aliphatic hydroxyl groups is 1. The van der Waals surface area contributed by atoms with E-state index in [0.717, 1.165) is 6.42 Å². The van der Waals surface area contributed by atoms with Gasteiger partial charge in [-0.05, 0) is 35.0 Å². The van der Waals surface area contributed by atoms with E-state index in [-0.39, 0.29) is 19.1 Å². The molecule has 0 aliphatic carbocycles. The van der Waals surface area contributed by atoms with E-state index in [1.165, 1.54) is 11.0 Å². The topological polar surface area (TPSA) is 84.1 Å². The van der Waals surface area contributed by atoms with E-state index < -0.39 is 0 Å². The molecule has 0 atom stereocenters. The second-order valence-corrected chi connectivity index (χ2v) is 4.84. The van der Waals surface area contributed by atoms with Gasteiger partial charge in [0, 0.05) is 13.1 Å². The van der Waals surface area contributed by atoms with Gasteiger partial charge in [0.15, 0.2) is 0 Å². The molecule has 0 saturated carbocycles. The number of hydrogen-bond acceptors (Lipinski definition) is 5. The van der Waals surface area contributed by atoms with Crippen LogP contribution in [0.4, 0.5) is 0 Å². The van der Waals surface area contributed by atoms with Gasteiger partial charge in [0.05, 0.1) is 22.9 Å². The zero-order valence-corrected chi connectivity index (χ0v) is 12.4. The third-order valence-corrected chi connectivity index (χ3v) is 3.26. The molecule has 2 rings (SSSR count). The molecule has 1 amide bonds. The fourth-order valence-electron chi connectivity index (χ4n) is 1.98. The lowest BCUT2D eigenvalue weighted by molar-refractivity contribution is 0.0722. The minimum Gasteiger partial charge on any atom is -0.395 e. The molecule has 0 aliphatic heterocycles. The van der Waals surface area contributed by atoms with Gasteiger partial charge in [0.1, 0.15) is 6.33 Å². The van der Waals surface area contributed by atoms with Crippen LogP contribution in [0.5, 0.6) is 0 Å². The van der Waals surface area contributed by atoms with Crippen LogP contribution in [0.1, 0.15) is 23.7 Å². The smallest absolute Gasteiger partial charge is 0.255 e. The number of aromatic nitrogens is 4. The Morgan fingerprint density at radius 3 is 2.81 bits per heavy atom. The van der Waals surface area contributed by atoms with Crippen LogP contribution < -0.4 is 0 Å². The molecular weight excluding hydrogens is 294 g/mol. The number of benzene rings is 1. The molecule has 1 aromatic carbocycles. The van der Waals surface area contributed by atoms with Gasteiger partial charge in [-0.3, -0.25) is 4.79 Å². The lowest BCUT2D eigenvalue weighted by atomic mass is 10.1. The van der Waals surface area contributed by atoms with E-state index in [4.69, 9.17) is 16.7 Å². The first-order chi connectivity index (χ1) is 10.2. The summed E-state index contributed by atoms with van der Waals surface area (Å²) in [6.07, 6.45) is 2.26. The summed E-state index contributed by atoms with van der Waals surface area (Å²) in [7, 11) is 0. The molecule has 0 bridgehead atoms. The third kappa shape index (κ3) is 3.56. The summed E-state index contributed by atoms with van der Waals surface area (Å²) in [5.74, 6) is -0.195. The minimum atomic E-state index is -0.195. The van der Waals surface area contributed by atoms with Gasteiger partial charge < -0.3 is 10.0 Å². The molecule has 21 heavy (non-hydrogen) atoms. The van der Waals surface area contributed by atoms with Gasteiger partial charge >= 0.3 is 0 Å². The highest BCUT2D eigenvalue weighted by atomic mass is 35.5. The van der Waals surface area contributed by atoms with Crippen LogP contribution in [-0.4, -0.2) is 55.8 Å². The number of hydrogen-bond donors (Lipinski definition) is 1. The van der Waals surface area contributed by atoms with E-state index in [1.54, 1.807) is 23.1 Å². The Hall–Kier alpha value is -1.99. The Morgan fingerprint density at radius 1 is 1.43 bits per heavy atom. The lowest BCUT2D eigenvalue weighted by Crippen LogP contribution is -2.34. The van der Waals surface area contributed by atoms with Gasteiger partial charge in [-0.2, -0.15) is 0 Å². The second kappa shape index (κ2) is 7.14. The number of carbonyl (C=O) groups excluding carboxylic acids is 1. The Morgan fingerprint density at radius 2 is 2.24 bits per heavy atom. The Kier molecular flexibility index (Phi) is 5.24. The SMILES string of the molecule is CCCN(CCO)C(=O)c1ccc(-n2cnnn2)cc1Cl.